The lowest BCUT2D eigenvalue weighted by molar-refractivity contribution is -0.145. The van der Waals surface area contributed by atoms with Crippen molar-refractivity contribution < 1.29 is 32.6 Å². The van der Waals surface area contributed by atoms with Gasteiger partial charge in [0.15, 0.2) is 0 Å². The van der Waals surface area contributed by atoms with Crippen LogP contribution in [0.1, 0.15) is 43.4 Å². The van der Waals surface area contributed by atoms with Crippen LogP contribution in [0, 0.1) is 0 Å². The number of aromatic nitrogens is 2. The minimum absolute atomic E-state index is 0.000164. The van der Waals surface area contributed by atoms with Crippen LogP contribution >= 0.6 is 0 Å². The number of rotatable bonds is 6. The molecule has 1 heterocycles. The largest absolute Gasteiger partial charge is 0.480 e. The maximum atomic E-state index is 12.4. The predicted octanol–water partition coefficient (Wildman–Crippen LogP) is 1.88. The van der Waals surface area contributed by atoms with Crippen LogP contribution in [0.4, 0.5) is 13.2 Å². The van der Waals surface area contributed by atoms with Gasteiger partial charge in [0.25, 0.3) is 5.91 Å². The lowest BCUT2D eigenvalue weighted by Gasteiger charge is -2.21. The number of halogens is 3. The highest BCUT2D eigenvalue weighted by Gasteiger charge is 2.34. The average molecular weight is 349 g/mol. The van der Waals surface area contributed by atoms with E-state index >= 15 is 0 Å². The first kappa shape index (κ1) is 19.8. The molecule has 0 bridgehead atoms. The number of nitrogens with one attached hydrogen (secondary N) is 1. The lowest BCUT2D eigenvalue weighted by atomic mass is 10.1. The number of hydrogen-bond donors (Lipinski definition) is 2. The van der Waals surface area contributed by atoms with E-state index in [4.69, 9.17) is 9.84 Å². The van der Waals surface area contributed by atoms with Gasteiger partial charge in [0.05, 0.1) is 11.2 Å². The van der Waals surface area contributed by atoms with E-state index in [9.17, 15) is 22.8 Å². The van der Waals surface area contributed by atoms with Crippen LogP contribution < -0.4 is 5.32 Å². The number of carboxylic acid groups (broad SMARTS) is 1. The van der Waals surface area contributed by atoms with Gasteiger partial charge in [0.1, 0.15) is 6.04 Å². The highest BCUT2D eigenvalue weighted by molar-refractivity contribution is 5.96. The van der Waals surface area contributed by atoms with Crippen molar-refractivity contribution in [2.45, 2.75) is 45.0 Å². The molecule has 0 aliphatic rings. The van der Waals surface area contributed by atoms with Crippen LogP contribution in [-0.4, -0.2) is 45.2 Å². The SMILES string of the molecule is CC(C)(C)OCCC(NC(=O)c1cnc(C(F)(F)F)nc1)C(=O)O. The zero-order chi connectivity index (χ0) is 18.5. The summed E-state index contributed by atoms with van der Waals surface area (Å²) >= 11 is 0. The topological polar surface area (TPSA) is 101 Å². The third-order valence-electron chi connectivity index (χ3n) is 2.71. The summed E-state index contributed by atoms with van der Waals surface area (Å²) in [7, 11) is 0. The molecule has 1 unspecified atom stereocenters. The quantitative estimate of drug-likeness (QED) is 0.813. The van der Waals surface area contributed by atoms with Gasteiger partial charge in [-0.2, -0.15) is 13.2 Å². The fourth-order valence-corrected chi connectivity index (χ4v) is 1.57. The molecule has 0 radical (unpaired) electrons. The fraction of sp³-hybridized carbons (Fsp3) is 0.571. The Balaban J connectivity index is 2.70. The number of amides is 1. The Bertz CT molecular complexity index is 582. The Morgan fingerprint density at radius 2 is 1.79 bits per heavy atom. The Labute approximate surface area is 136 Å². The third kappa shape index (κ3) is 6.49. The molecule has 0 aliphatic heterocycles. The molecule has 0 saturated heterocycles. The minimum Gasteiger partial charge on any atom is -0.480 e. The van der Waals surface area contributed by atoms with E-state index in [1.54, 1.807) is 20.8 Å². The number of aliphatic carboxylic acids is 1. The molecule has 0 aliphatic carbocycles. The zero-order valence-corrected chi connectivity index (χ0v) is 13.3. The first-order valence-corrected chi connectivity index (χ1v) is 6.97. The fourth-order valence-electron chi connectivity index (χ4n) is 1.57. The third-order valence-corrected chi connectivity index (χ3v) is 2.71. The van der Waals surface area contributed by atoms with Crippen molar-refractivity contribution in [3.63, 3.8) is 0 Å². The van der Waals surface area contributed by atoms with Gasteiger partial charge >= 0.3 is 12.1 Å². The Hall–Kier alpha value is -2.23. The Morgan fingerprint density at radius 3 is 2.21 bits per heavy atom. The molecule has 1 atom stereocenters. The van der Waals surface area contributed by atoms with Crippen LogP contribution in [0.25, 0.3) is 0 Å². The van der Waals surface area contributed by atoms with E-state index in [0.717, 1.165) is 0 Å². The van der Waals surface area contributed by atoms with Crippen molar-refractivity contribution in [1.29, 1.82) is 0 Å². The van der Waals surface area contributed by atoms with Crippen molar-refractivity contribution in [2.24, 2.45) is 0 Å². The van der Waals surface area contributed by atoms with Crippen molar-refractivity contribution in [1.82, 2.24) is 15.3 Å². The molecule has 0 fully saturated rings. The molecule has 2 N–H and O–H groups in total. The highest BCUT2D eigenvalue weighted by Crippen LogP contribution is 2.25. The molecule has 7 nitrogen and oxygen atoms in total. The second-order valence-electron chi connectivity index (χ2n) is 5.91. The molecular weight excluding hydrogens is 331 g/mol. The van der Waals surface area contributed by atoms with Crippen LogP contribution in [-0.2, 0) is 15.7 Å². The van der Waals surface area contributed by atoms with E-state index in [0.29, 0.717) is 12.4 Å². The van der Waals surface area contributed by atoms with E-state index in [1.807, 2.05) is 0 Å². The van der Waals surface area contributed by atoms with Gasteiger partial charge in [0.2, 0.25) is 5.82 Å². The number of carbonyl (C=O) groups is 2. The first-order valence-electron chi connectivity index (χ1n) is 6.97. The van der Waals surface area contributed by atoms with Gasteiger partial charge in [-0.3, -0.25) is 4.79 Å². The normalized spacial score (nSPS) is 13.4. The number of ether oxygens (including phenoxy) is 1. The summed E-state index contributed by atoms with van der Waals surface area (Å²) in [6, 6.07) is -1.25. The zero-order valence-electron chi connectivity index (χ0n) is 13.3. The summed E-state index contributed by atoms with van der Waals surface area (Å²) in [5, 5.41) is 11.3. The van der Waals surface area contributed by atoms with Crippen LogP contribution in [0.5, 0.6) is 0 Å². The molecular formula is C14H18F3N3O4. The lowest BCUT2D eigenvalue weighted by Crippen LogP contribution is -2.42. The summed E-state index contributed by atoms with van der Waals surface area (Å²) in [5.41, 5.74) is -0.736. The number of nitrogens with zero attached hydrogens (tertiary/aromatic N) is 2. The second kappa shape index (κ2) is 7.56. The van der Waals surface area contributed by atoms with Crippen LogP contribution in [0.2, 0.25) is 0 Å². The van der Waals surface area contributed by atoms with Crippen molar-refractivity contribution >= 4 is 11.9 Å². The van der Waals surface area contributed by atoms with Gasteiger partial charge < -0.3 is 15.2 Å². The van der Waals surface area contributed by atoms with Gasteiger partial charge in [-0.15, -0.1) is 0 Å². The monoisotopic (exact) mass is 349 g/mol. The number of carboxylic acids is 1. The van der Waals surface area contributed by atoms with E-state index in [1.165, 1.54) is 0 Å². The number of hydrogen-bond acceptors (Lipinski definition) is 5. The van der Waals surface area contributed by atoms with E-state index in [-0.39, 0.29) is 18.6 Å². The first-order chi connectivity index (χ1) is 10.9. The van der Waals surface area contributed by atoms with Crippen molar-refractivity contribution in [2.75, 3.05) is 6.61 Å². The van der Waals surface area contributed by atoms with Crippen LogP contribution in [0.15, 0.2) is 12.4 Å². The summed E-state index contributed by atoms with van der Waals surface area (Å²) in [5.74, 6) is -3.55. The Morgan fingerprint density at radius 1 is 1.25 bits per heavy atom. The van der Waals surface area contributed by atoms with Gasteiger partial charge in [0, 0.05) is 25.4 Å². The molecule has 1 aromatic rings. The minimum atomic E-state index is -4.72. The second-order valence-corrected chi connectivity index (χ2v) is 5.91. The molecule has 0 spiro atoms. The van der Waals surface area contributed by atoms with Crippen molar-refractivity contribution in [3.8, 4) is 0 Å². The standard InChI is InChI=1S/C14H18F3N3O4/c1-13(2,3)24-5-4-9(11(22)23)20-10(21)8-6-18-12(19-7-8)14(15,16)17/h6-7,9H,4-5H2,1-3H3,(H,20,21)(H,22,23). The maximum Gasteiger partial charge on any atom is 0.451 e. The smallest absolute Gasteiger partial charge is 0.451 e. The van der Waals surface area contributed by atoms with Crippen molar-refractivity contribution in [3.05, 3.63) is 23.8 Å². The van der Waals surface area contributed by atoms with Gasteiger partial charge in [-0.25, -0.2) is 14.8 Å². The molecule has 1 aromatic heterocycles. The summed E-state index contributed by atoms with van der Waals surface area (Å²) in [4.78, 5) is 29.2. The summed E-state index contributed by atoms with van der Waals surface area (Å²) < 4.78 is 42.5. The van der Waals surface area contributed by atoms with Gasteiger partial charge in [-0.1, -0.05) is 0 Å². The molecule has 10 heteroatoms. The molecule has 0 saturated carbocycles. The summed E-state index contributed by atoms with van der Waals surface area (Å²) in [6.45, 7) is 5.47. The highest BCUT2D eigenvalue weighted by atomic mass is 19.4. The number of carbonyl (C=O) groups excluding carboxylic acids is 1. The van der Waals surface area contributed by atoms with E-state index in [2.05, 4.69) is 15.3 Å². The molecule has 1 amide bonds. The van der Waals surface area contributed by atoms with Crippen LogP contribution in [0.3, 0.4) is 0 Å². The predicted molar refractivity (Wildman–Crippen MR) is 76.2 cm³/mol. The average Bonchev–Trinajstić information content (AvgIpc) is 2.43. The maximum absolute atomic E-state index is 12.4. The number of alkyl halides is 3. The Kier molecular flexibility index (Phi) is 6.24. The van der Waals surface area contributed by atoms with E-state index < -0.39 is 35.5 Å². The summed E-state index contributed by atoms with van der Waals surface area (Å²) in [6.07, 6.45) is -3.34. The molecule has 134 valence electrons. The molecule has 1 rings (SSSR count). The molecule has 24 heavy (non-hydrogen) atoms. The molecule has 0 aromatic carbocycles. The van der Waals surface area contributed by atoms with Gasteiger partial charge in [-0.05, 0) is 20.8 Å².